The van der Waals surface area contributed by atoms with Gasteiger partial charge in [-0.05, 0) is 47.9 Å². The number of nitrogens with two attached hydrogens (primary N) is 1. The van der Waals surface area contributed by atoms with Crippen LogP contribution >= 0.6 is 0 Å². The van der Waals surface area contributed by atoms with Gasteiger partial charge in [0.05, 0.1) is 29.4 Å². The molecule has 38 heavy (non-hydrogen) atoms. The van der Waals surface area contributed by atoms with Crippen molar-refractivity contribution in [3.8, 4) is 17.2 Å². The molecule has 1 aliphatic rings. The minimum Gasteiger partial charge on any atom is -0.383 e. The maximum absolute atomic E-state index is 13.3. The van der Waals surface area contributed by atoms with Gasteiger partial charge in [-0.2, -0.15) is 5.26 Å². The first-order valence-corrected chi connectivity index (χ1v) is 12.0. The molecule has 0 spiro atoms. The third-order valence-electron chi connectivity index (χ3n) is 6.37. The van der Waals surface area contributed by atoms with Crippen molar-refractivity contribution in [3.63, 3.8) is 0 Å². The summed E-state index contributed by atoms with van der Waals surface area (Å²) in [5.41, 5.74) is 11.9. The molecule has 2 aromatic carbocycles. The van der Waals surface area contributed by atoms with Crippen LogP contribution in [0.5, 0.6) is 0 Å². The highest BCUT2D eigenvalue weighted by atomic mass is 19.1. The van der Waals surface area contributed by atoms with Crippen LogP contribution in [0.3, 0.4) is 0 Å². The summed E-state index contributed by atoms with van der Waals surface area (Å²) in [5, 5.41) is 15.4. The number of pyridine rings is 2. The van der Waals surface area contributed by atoms with E-state index in [4.69, 9.17) is 5.73 Å². The maximum Gasteiger partial charge on any atom is 0.255 e. The van der Waals surface area contributed by atoms with Gasteiger partial charge in [0.1, 0.15) is 23.5 Å². The van der Waals surface area contributed by atoms with Crippen LogP contribution in [0, 0.1) is 17.1 Å². The molecule has 1 amide bonds. The highest BCUT2D eigenvalue weighted by molar-refractivity contribution is 6.01. The van der Waals surface area contributed by atoms with Crippen molar-refractivity contribution in [1.82, 2.24) is 15.3 Å². The number of amides is 1. The average molecular weight is 506 g/mol. The number of halogens is 1. The highest BCUT2D eigenvalue weighted by Crippen LogP contribution is 2.25. The summed E-state index contributed by atoms with van der Waals surface area (Å²) in [6.07, 6.45) is 3.24. The van der Waals surface area contributed by atoms with Crippen LogP contribution in [0.15, 0.2) is 78.0 Å². The predicted octanol–water partition coefficient (Wildman–Crippen LogP) is 4.48. The second-order valence-electron chi connectivity index (χ2n) is 8.95. The topological polar surface area (TPSA) is 129 Å². The fourth-order valence-corrected chi connectivity index (χ4v) is 4.19. The minimum absolute atomic E-state index is 0.248. The molecule has 0 radical (unpaired) electrons. The van der Waals surface area contributed by atoms with Gasteiger partial charge in [-0.3, -0.25) is 14.8 Å². The summed E-state index contributed by atoms with van der Waals surface area (Å²) in [6.45, 7) is 2.73. The van der Waals surface area contributed by atoms with E-state index in [2.05, 4.69) is 25.6 Å². The number of nitriles is 1. The Morgan fingerprint density at radius 1 is 1.08 bits per heavy atom. The summed E-state index contributed by atoms with van der Waals surface area (Å²) in [6, 6.07) is 19.0. The summed E-state index contributed by atoms with van der Waals surface area (Å²) in [4.78, 5) is 26.1. The number of hydrogen-bond donors (Lipinski definition) is 3. The Hall–Kier alpha value is -5.10. The van der Waals surface area contributed by atoms with Gasteiger partial charge in [0, 0.05) is 30.1 Å². The Balaban J connectivity index is 1.29. The van der Waals surface area contributed by atoms with Gasteiger partial charge >= 0.3 is 0 Å². The Bertz CT molecular complexity index is 1570. The third-order valence-corrected chi connectivity index (χ3v) is 6.37. The normalized spacial score (nSPS) is 12.7. The standard InChI is InChI=1S/C29H24FN7O/c1-17(20-6-8-23(30)9-7-20)37-29(38)25-10-19(12-31)14-36-28(25)35-13-18-2-4-21(5-3-18)22-11-24-26(33-15-22)16-34-27(24)32/h2-11,14-15,17H,13,16H2,1H3,(H2,32,34)(H,35,36)(H,37,38)/t17-/m0/s1. The number of aromatic nitrogens is 2. The van der Waals surface area contributed by atoms with E-state index in [1.807, 2.05) is 42.6 Å². The van der Waals surface area contributed by atoms with Crippen molar-refractivity contribution in [2.45, 2.75) is 26.1 Å². The Morgan fingerprint density at radius 3 is 2.58 bits per heavy atom. The van der Waals surface area contributed by atoms with Gasteiger partial charge in [0.25, 0.3) is 5.91 Å². The summed E-state index contributed by atoms with van der Waals surface area (Å²) in [7, 11) is 0. The van der Waals surface area contributed by atoms with Crippen LogP contribution in [0.25, 0.3) is 11.1 Å². The van der Waals surface area contributed by atoms with Gasteiger partial charge in [-0.15, -0.1) is 0 Å². The van der Waals surface area contributed by atoms with Crippen LogP contribution < -0.4 is 16.4 Å². The molecule has 0 bridgehead atoms. The van der Waals surface area contributed by atoms with Crippen LogP contribution in [-0.4, -0.2) is 21.7 Å². The van der Waals surface area contributed by atoms with Crippen molar-refractivity contribution >= 4 is 17.6 Å². The SMILES string of the molecule is C[C@H](NC(=O)c1cc(C#N)cnc1NCc1ccc(-c2cnc3c(c2)C(N)=NC3)cc1)c1ccc(F)cc1. The van der Waals surface area contributed by atoms with Crippen molar-refractivity contribution in [3.05, 3.63) is 112 Å². The van der Waals surface area contributed by atoms with E-state index < -0.39 is 5.91 Å². The number of carbonyl (C=O) groups is 1. The molecule has 9 heteroatoms. The highest BCUT2D eigenvalue weighted by Gasteiger charge is 2.18. The molecule has 0 fully saturated rings. The molecular formula is C29H24FN7O. The predicted molar refractivity (Wildman–Crippen MR) is 143 cm³/mol. The number of carbonyl (C=O) groups excluding carboxylic acids is 1. The molecule has 2 aromatic heterocycles. The zero-order valence-electron chi connectivity index (χ0n) is 20.6. The smallest absolute Gasteiger partial charge is 0.255 e. The first-order valence-electron chi connectivity index (χ1n) is 12.0. The molecule has 4 aromatic rings. The Kier molecular flexibility index (Phi) is 6.78. The third kappa shape index (κ3) is 5.20. The lowest BCUT2D eigenvalue weighted by molar-refractivity contribution is 0.0940. The lowest BCUT2D eigenvalue weighted by atomic mass is 10.0. The lowest BCUT2D eigenvalue weighted by Gasteiger charge is -2.16. The van der Waals surface area contributed by atoms with Crippen molar-refractivity contribution in [2.75, 3.05) is 5.32 Å². The largest absolute Gasteiger partial charge is 0.383 e. The van der Waals surface area contributed by atoms with E-state index >= 15 is 0 Å². The molecule has 5 rings (SSSR count). The van der Waals surface area contributed by atoms with E-state index in [9.17, 15) is 14.4 Å². The first-order chi connectivity index (χ1) is 18.4. The molecular weight excluding hydrogens is 481 g/mol. The van der Waals surface area contributed by atoms with Crippen LogP contribution in [-0.2, 0) is 13.1 Å². The van der Waals surface area contributed by atoms with Gasteiger partial charge in [-0.25, -0.2) is 9.37 Å². The maximum atomic E-state index is 13.3. The van der Waals surface area contributed by atoms with E-state index in [1.165, 1.54) is 24.4 Å². The minimum atomic E-state index is -0.392. The molecule has 0 aliphatic carbocycles. The molecule has 188 valence electrons. The van der Waals surface area contributed by atoms with Crippen LogP contribution in [0.1, 0.15) is 51.3 Å². The average Bonchev–Trinajstić information content (AvgIpc) is 3.32. The van der Waals surface area contributed by atoms with Gasteiger partial charge < -0.3 is 16.4 Å². The summed E-state index contributed by atoms with van der Waals surface area (Å²) < 4.78 is 13.3. The Labute approximate surface area is 219 Å². The first kappa shape index (κ1) is 24.6. The number of anilines is 1. The van der Waals surface area contributed by atoms with E-state index in [0.717, 1.165) is 33.5 Å². The second-order valence-corrected chi connectivity index (χ2v) is 8.95. The number of rotatable bonds is 7. The van der Waals surface area contributed by atoms with Crippen LogP contribution in [0.4, 0.5) is 10.2 Å². The molecule has 1 atom stereocenters. The number of aliphatic imine (C=N–C) groups is 1. The van der Waals surface area contributed by atoms with E-state index in [0.29, 0.717) is 24.7 Å². The number of fused-ring (bicyclic) bond motifs is 1. The molecule has 0 saturated carbocycles. The number of nitrogens with one attached hydrogen (secondary N) is 2. The van der Waals surface area contributed by atoms with Crippen molar-refractivity contribution in [2.24, 2.45) is 10.7 Å². The molecule has 4 N–H and O–H groups in total. The van der Waals surface area contributed by atoms with Crippen molar-refractivity contribution < 1.29 is 9.18 Å². The Morgan fingerprint density at radius 2 is 1.84 bits per heavy atom. The number of hydrogen-bond acceptors (Lipinski definition) is 7. The molecule has 3 heterocycles. The molecule has 0 saturated heterocycles. The fraction of sp³-hybridized carbons (Fsp3) is 0.138. The van der Waals surface area contributed by atoms with Gasteiger partial charge in [0.15, 0.2) is 0 Å². The molecule has 0 unspecified atom stereocenters. The van der Waals surface area contributed by atoms with Gasteiger partial charge in [0.2, 0.25) is 0 Å². The monoisotopic (exact) mass is 505 g/mol. The summed E-state index contributed by atoms with van der Waals surface area (Å²) in [5.74, 6) is 0.128. The number of nitrogens with zero attached hydrogens (tertiary/aromatic N) is 4. The van der Waals surface area contributed by atoms with Gasteiger partial charge in [-0.1, -0.05) is 36.4 Å². The molecule has 8 nitrogen and oxygen atoms in total. The zero-order valence-corrected chi connectivity index (χ0v) is 20.6. The summed E-state index contributed by atoms with van der Waals surface area (Å²) >= 11 is 0. The second kappa shape index (κ2) is 10.5. The van der Waals surface area contributed by atoms with Crippen molar-refractivity contribution in [1.29, 1.82) is 5.26 Å². The zero-order chi connectivity index (χ0) is 26.6. The lowest BCUT2D eigenvalue weighted by Crippen LogP contribution is -2.28. The van der Waals surface area contributed by atoms with Crippen LogP contribution in [0.2, 0.25) is 0 Å². The van der Waals surface area contributed by atoms with E-state index in [1.54, 1.807) is 19.1 Å². The number of benzene rings is 2. The molecule has 1 aliphatic heterocycles. The number of amidine groups is 1. The quantitative estimate of drug-likeness (QED) is 0.340. The fourth-order valence-electron chi connectivity index (χ4n) is 4.19. The van der Waals surface area contributed by atoms with E-state index in [-0.39, 0.29) is 23.0 Å².